The van der Waals surface area contributed by atoms with Crippen LogP contribution in [0.3, 0.4) is 0 Å². The van der Waals surface area contributed by atoms with Gasteiger partial charge in [-0.2, -0.15) is 10.2 Å². The third-order valence-electron chi connectivity index (χ3n) is 2.89. The van der Waals surface area contributed by atoms with Crippen molar-refractivity contribution in [2.75, 3.05) is 12.0 Å². The summed E-state index contributed by atoms with van der Waals surface area (Å²) in [5, 5.41) is 8.43. The summed E-state index contributed by atoms with van der Waals surface area (Å²) in [6.45, 7) is 2.64. The minimum atomic E-state index is -0.396. The number of ether oxygens (including phenoxy) is 1. The van der Waals surface area contributed by atoms with Crippen LogP contribution in [-0.4, -0.2) is 22.6 Å². The van der Waals surface area contributed by atoms with Crippen LogP contribution in [0, 0.1) is 0 Å². The molecule has 8 heteroatoms. The first-order chi connectivity index (χ1) is 11.0. The Morgan fingerprint density at radius 1 is 1.43 bits per heavy atom. The zero-order valence-electron chi connectivity index (χ0n) is 12.7. The fourth-order valence-electron chi connectivity index (χ4n) is 1.69. The van der Waals surface area contributed by atoms with Gasteiger partial charge in [0, 0.05) is 7.05 Å². The molecule has 0 aliphatic carbocycles. The number of hydrogen-bond acceptors (Lipinski definition) is 5. The van der Waals surface area contributed by atoms with E-state index in [4.69, 9.17) is 27.9 Å². The number of anilines is 1. The number of hydrazone groups is 1. The molecule has 0 saturated carbocycles. The molecule has 23 heavy (non-hydrogen) atoms. The molecule has 122 valence electrons. The lowest BCUT2D eigenvalue weighted by Crippen LogP contribution is -2.20. The highest BCUT2D eigenvalue weighted by atomic mass is 35.5. The van der Waals surface area contributed by atoms with Crippen molar-refractivity contribution in [3.63, 3.8) is 0 Å². The zero-order chi connectivity index (χ0) is 16.8. The lowest BCUT2D eigenvalue weighted by molar-refractivity contribution is 0.317. The molecular formula is C15H16Cl2N4O2. The first-order valence-electron chi connectivity index (χ1n) is 6.96. The van der Waals surface area contributed by atoms with Crippen LogP contribution in [0.5, 0.6) is 5.75 Å². The fraction of sp³-hybridized carbons (Fsp3) is 0.267. The van der Waals surface area contributed by atoms with Crippen molar-refractivity contribution in [1.82, 2.24) is 9.78 Å². The number of aryl methyl sites for hydroxylation is 1. The summed E-state index contributed by atoms with van der Waals surface area (Å²) >= 11 is 12.1. The molecule has 0 atom stereocenters. The van der Waals surface area contributed by atoms with Gasteiger partial charge in [0.2, 0.25) is 0 Å². The van der Waals surface area contributed by atoms with E-state index in [0.717, 1.165) is 16.7 Å². The van der Waals surface area contributed by atoms with Gasteiger partial charge < -0.3 is 4.74 Å². The predicted molar refractivity (Wildman–Crippen MR) is 92.9 cm³/mol. The molecule has 0 aliphatic heterocycles. The van der Waals surface area contributed by atoms with Crippen LogP contribution in [0.2, 0.25) is 10.0 Å². The topological polar surface area (TPSA) is 68.5 Å². The van der Waals surface area contributed by atoms with Crippen molar-refractivity contribution < 1.29 is 4.74 Å². The Bertz CT molecular complexity index is 775. The first-order valence-corrected chi connectivity index (χ1v) is 7.71. The molecule has 2 rings (SSSR count). The molecule has 1 aromatic carbocycles. The molecule has 6 nitrogen and oxygen atoms in total. The van der Waals surface area contributed by atoms with E-state index in [0.29, 0.717) is 23.1 Å². The molecule has 0 bridgehead atoms. The van der Waals surface area contributed by atoms with Gasteiger partial charge >= 0.3 is 0 Å². The fourth-order valence-corrected chi connectivity index (χ4v) is 2.15. The van der Waals surface area contributed by atoms with Crippen molar-refractivity contribution in [2.45, 2.75) is 13.3 Å². The summed E-state index contributed by atoms with van der Waals surface area (Å²) in [4.78, 5) is 11.6. The maximum absolute atomic E-state index is 11.6. The lowest BCUT2D eigenvalue weighted by atomic mass is 10.2. The third-order valence-corrected chi connectivity index (χ3v) is 3.56. The van der Waals surface area contributed by atoms with Crippen LogP contribution >= 0.6 is 23.2 Å². The van der Waals surface area contributed by atoms with E-state index < -0.39 is 5.56 Å². The molecule has 0 saturated heterocycles. The van der Waals surface area contributed by atoms with Crippen molar-refractivity contribution in [1.29, 1.82) is 0 Å². The highest BCUT2D eigenvalue weighted by Crippen LogP contribution is 2.25. The normalized spacial score (nSPS) is 11.0. The quantitative estimate of drug-likeness (QED) is 0.638. The molecule has 0 fully saturated rings. The second-order valence-electron chi connectivity index (χ2n) is 4.71. The van der Waals surface area contributed by atoms with Gasteiger partial charge in [0.1, 0.15) is 16.5 Å². The zero-order valence-corrected chi connectivity index (χ0v) is 14.2. The van der Waals surface area contributed by atoms with Gasteiger partial charge in [-0.05, 0) is 30.2 Å². The predicted octanol–water partition coefficient (Wildman–Crippen LogP) is 3.32. The average Bonchev–Trinajstić information content (AvgIpc) is 2.54. The summed E-state index contributed by atoms with van der Waals surface area (Å²) < 4.78 is 6.64. The van der Waals surface area contributed by atoms with E-state index in [1.54, 1.807) is 18.3 Å². The largest absolute Gasteiger partial charge is 0.492 e. The Morgan fingerprint density at radius 3 is 2.91 bits per heavy atom. The van der Waals surface area contributed by atoms with Gasteiger partial charge in [0.25, 0.3) is 5.56 Å². The van der Waals surface area contributed by atoms with E-state index in [9.17, 15) is 4.79 Å². The number of nitrogens with zero attached hydrogens (tertiary/aromatic N) is 3. The summed E-state index contributed by atoms with van der Waals surface area (Å²) in [6, 6.07) is 5.35. The summed E-state index contributed by atoms with van der Waals surface area (Å²) in [7, 11) is 1.52. The average molecular weight is 355 g/mol. The van der Waals surface area contributed by atoms with Crippen LogP contribution in [0.15, 0.2) is 34.3 Å². The van der Waals surface area contributed by atoms with Gasteiger partial charge in [-0.25, -0.2) is 4.68 Å². The van der Waals surface area contributed by atoms with Gasteiger partial charge in [-0.3, -0.25) is 10.2 Å². The number of benzene rings is 1. The van der Waals surface area contributed by atoms with Crippen LogP contribution in [-0.2, 0) is 7.05 Å². The number of hydrogen-bond donors (Lipinski definition) is 1. The van der Waals surface area contributed by atoms with Crippen molar-refractivity contribution >= 4 is 35.1 Å². The van der Waals surface area contributed by atoms with E-state index >= 15 is 0 Å². The van der Waals surface area contributed by atoms with Gasteiger partial charge in [-0.15, -0.1) is 0 Å². The van der Waals surface area contributed by atoms with Crippen LogP contribution < -0.4 is 15.7 Å². The molecule has 0 radical (unpaired) electrons. The standard InChI is InChI=1S/C15H16Cl2N4O2/c1-3-6-23-13-5-4-10(7-11(13)16)8-18-20-12-9-19-21(2)15(22)14(12)17/h4-5,7-9,20H,3,6H2,1-2H3/b18-8-. The second kappa shape index (κ2) is 7.99. The highest BCUT2D eigenvalue weighted by Gasteiger charge is 2.06. The van der Waals surface area contributed by atoms with E-state index in [2.05, 4.69) is 15.6 Å². The summed E-state index contributed by atoms with van der Waals surface area (Å²) in [5.74, 6) is 0.637. The molecule has 1 N–H and O–H groups in total. The minimum Gasteiger partial charge on any atom is -0.492 e. The molecular weight excluding hydrogens is 339 g/mol. The molecule has 0 aliphatic rings. The maximum atomic E-state index is 11.6. The van der Waals surface area contributed by atoms with E-state index in [1.165, 1.54) is 13.2 Å². The molecule has 0 amide bonds. The van der Waals surface area contributed by atoms with E-state index in [-0.39, 0.29) is 5.02 Å². The SMILES string of the molecule is CCCOc1ccc(/C=N\Nc2cnn(C)c(=O)c2Cl)cc1Cl. The Labute approximate surface area is 143 Å². The number of rotatable bonds is 6. The van der Waals surface area contributed by atoms with E-state index in [1.807, 2.05) is 13.0 Å². The second-order valence-corrected chi connectivity index (χ2v) is 5.49. The molecule has 0 spiro atoms. The summed E-state index contributed by atoms with van der Waals surface area (Å²) in [6.07, 6.45) is 3.90. The molecule has 1 heterocycles. The molecule has 2 aromatic rings. The minimum absolute atomic E-state index is 0.0287. The van der Waals surface area contributed by atoms with Crippen molar-refractivity contribution in [3.8, 4) is 5.75 Å². The van der Waals surface area contributed by atoms with Crippen LogP contribution in [0.1, 0.15) is 18.9 Å². The number of halogens is 2. The van der Waals surface area contributed by atoms with Gasteiger partial charge in [0.05, 0.1) is 24.0 Å². The van der Waals surface area contributed by atoms with Crippen LogP contribution in [0.25, 0.3) is 0 Å². The monoisotopic (exact) mass is 354 g/mol. The highest BCUT2D eigenvalue weighted by molar-refractivity contribution is 6.33. The molecule has 1 aromatic heterocycles. The Morgan fingerprint density at radius 2 is 2.22 bits per heavy atom. The maximum Gasteiger partial charge on any atom is 0.287 e. The Kier molecular flexibility index (Phi) is 6.01. The third kappa shape index (κ3) is 4.46. The number of aromatic nitrogens is 2. The lowest BCUT2D eigenvalue weighted by Gasteiger charge is -2.07. The van der Waals surface area contributed by atoms with Gasteiger partial charge in [0.15, 0.2) is 0 Å². The molecule has 0 unspecified atom stereocenters. The summed E-state index contributed by atoms with van der Waals surface area (Å²) in [5.41, 5.74) is 3.40. The van der Waals surface area contributed by atoms with Crippen molar-refractivity contribution in [3.05, 3.63) is 50.4 Å². The number of nitrogens with one attached hydrogen (secondary N) is 1. The van der Waals surface area contributed by atoms with Gasteiger partial charge in [-0.1, -0.05) is 30.1 Å². The Hall–Kier alpha value is -2.05. The van der Waals surface area contributed by atoms with Crippen molar-refractivity contribution in [2.24, 2.45) is 12.1 Å². The Balaban J connectivity index is 2.08. The smallest absolute Gasteiger partial charge is 0.287 e. The van der Waals surface area contributed by atoms with Crippen LogP contribution in [0.4, 0.5) is 5.69 Å². The first kappa shape index (κ1) is 17.3.